The van der Waals surface area contributed by atoms with Gasteiger partial charge in [0.25, 0.3) is 5.91 Å². The molecule has 23 heavy (non-hydrogen) atoms. The second kappa shape index (κ2) is 5.76. The third-order valence-electron chi connectivity index (χ3n) is 3.20. The van der Waals surface area contributed by atoms with Crippen LogP contribution in [0.2, 0.25) is 0 Å². The summed E-state index contributed by atoms with van der Waals surface area (Å²) in [6, 6.07) is 6.64. The lowest BCUT2D eigenvalue weighted by molar-refractivity contribution is 0.0698. The summed E-state index contributed by atoms with van der Waals surface area (Å²) in [5.74, 6) is -0.774. The minimum absolute atomic E-state index is 0.00182. The van der Waals surface area contributed by atoms with Crippen molar-refractivity contribution in [2.75, 3.05) is 12.4 Å². The van der Waals surface area contributed by atoms with E-state index in [1.165, 1.54) is 23.1 Å². The largest absolute Gasteiger partial charge is 0.497 e. The highest BCUT2D eigenvalue weighted by atomic mass is 16.5. The smallest absolute Gasteiger partial charge is 0.341 e. The number of nitrogens with zero attached hydrogens (tertiary/aromatic N) is 3. The normalized spacial score (nSPS) is 10.5. The number of hydrogen-bond donors (Lipinski definition) is 2. The molecule has 8 nitrogen and oxygen atoms in total. The Kier molecular flexibility index (Phi) is 3.63. The van der Waals surface area contributed by atoms with Gasteiger partial charge in [0.1, 0.15) is 11.3 Å². The van der Waals surface area contributed by atoms with E-state index < -0.39 is 5.97 Å². The molecular formula is C15H12N4O4. The number of methoxy groups -OCH3 is 1. The Labute approximate surface area is 130 Å². The number of rotatable bonds is 4. The number of benzene rings is 1. The molecule has 2 N–H and O–H groups in total. The number of hydrogen-bond acceptors (Lipinski definition) is 5. The Balaban J connectivity index is 1.83. The fourth-order valence-electron chi connectivity index (χ4n) is 2.04. The Hall–Kier alpha value is -3.42. The molecule has 116 valence electrons. The number of carbonyl (C=O) groups excluding carboxylic acids is 1. The van der Waals surface area contributed by atoms with Crippen LogP contribution in [-0.2, 0) is 0 Å². The number of aromatic carboxylic acids is 1. The van der Waals surface area contributed by atoms with Gasteiger partial charge in [-0.05, 0) is 24.3 Å². The number of fused-ring (bicyclic) bond motifs is 1. The number of carboxylic acid groups (broad SMARTS) is 1. The van der Waals surface area contributed by atoms with Crippen LogP contribution in [0.5, 0.6) is 5.75 Å². The Morgan fingerprint density at radius 2 is 1.96 bits per heavy atom. The number of anilines is 1. The third-order valence-corrected chi connectivity index (χ3v) is 3.20. The van der Waals surface area contributed by atoms with Crippen molar-refractivity contribution in [1.82, 2.24) is 14.6 Å². The maximum Gasteiger partial charge on any atom is 0.341 e. The zero-order chi connectivity index (χ0) is 16.4. The van der Waals surface area contributed by atoms with Gasteiger partial charge in [-0.25, -0.2) is 14.3 Å². The summed E-state index contributed by atoms with van der Waals surface area (Å²) >= 11 is 0. The SMILES string of the molecule is COc1ccc(C(=O)Nc2cnc3c(C(=O)O)cnn3c2)cc1. The molecule has 8 heteroatoms. The minimum atomic E-state index is -1.11. The van der Waals surface area contributed by atoms with Gasteiger partial charge in [-0.15, -0.1) is 0 Å². The zero-order valence-corrected chi connectivity index (χ0v) is 12.1. The number of amides is 1. The zero-order valence-electron chi connectivity index (χ0n) is 12.1. The summed E-state index contributed by atoms with van der Waals surface area (Å²) in [6.45, 7) is 0. The van der Waals surface area contributed by atoms with Crippen LogP contribution in [0, 0.1) is 0 Å². The van der Waals surface area contributed by atoms with E-state index in [-0.39, 0.29) is 17.1 Å². The summed E-state index contributed by atoms with van der Waals surface area (Å²) in [6.07, 6.45) is 4.08. The van der Waals surface area contributed by atoms with E-state index in [1.54, 1.807) is 31.4 Å². The molecular weight excluding hydrogens is 300 g/mol. The van der Waals surface area contributed by atoms with Crippen molar-refractivity contribution in [3.05, 3.63) is 54.0 Å². The molecule has 2 heterocycles. The number of carboxylic acids is 1. The van der Waals surface area contributed by atoms with Crippen LogP contribution < -0.4 is 10.1 Å². The van der Waals surface area contributed by atoms with E-state index in [0.717, 1.165) is 0 Å². The molecule has 2 aromatic heterocycles. The molecule has 0 aliphatic carbocycles. The second-order valence-corrected chi connectivity index (χ2v) is 4.66. The quantitative estimate of drug-likeness (QED) is 0.759. The van der Waals surface area contributed by atoms with Gasteiger partial charge in [0, 0.05) is 5.56 Å². The number of ether oxygens (including phenoxy) is 1. The predicted molar refractivity (Wildman–Crippen MR) is 80.9 cm³/mol. The van der Waals surface area contributed by atoms with Crippen molar-refractivity contribution >= 4 is 23.2 Å². The Bertz CT molecular complexity index is 886. The van der Waals surface area contributed by atoms with E-state index in [9.17, 15) is 9.59 Å². The topological polar surface area (TPSA) is 106 Å². The number of carbonyl (C=O) groups is 2. The van der Waals surface area contributed by atoms with Crippen molar-refractivity contribution in [2.24, 2.45) is 0 Å². The number of nitrogens with one attached hydrogen (secondary N) is 1. The van der Waals surface area contributed by atoms with Crippen LogP contribution in [0.1, 0.15) is 20.7 Å². The van der Waals surface area contributed by atoms with Gasteiger partial charge in [-0.2, -0.15) is 5.10 Å². The molecule has 1 aromatic carbocycles. The average molecular weight is 312 g/mol. The summed E-state index contributed by atoms with van der Waals surface area (Å²) in [5.41, 5.74) is 1.06. The van der Waals surface area contributed by atoms with Gasteiger partial charge >= 0.3 is 5.97 Å². The molecule has 0 aliphatic heterocycles. The summed E-state index contributed by atoms with van der Waals surface area (Å²) in [4.78, 5) is 27.2. The summed E-state index contributed by atoms with van der Waals surface area (Å²) in [7, 11) is 1.55. The summed E-state index contributed by atoms with van der Waals surface area (Å²) in [5, 5.41) is 15.6. The van der Waals surface area contributed by atoms with Crippen LogP contribution in [0.3, 0.4) is 0 Å². The van der Waals surface area contributed by atoms with Crippen LogP contribution in [0.15, 0.2) is 42.9 Å². The van der Waals surface area contributed by atoms with Crippen molar-refractivity contribution < 1.29 is 19.4 Å². The predicted octanol–water partition coefficient (Wildman–Crippen LogP) is 1.69. The van der Waals surface area contributed by atoms with E-state index in [0.29, 0.717) is 17.0 Å². The second-order valence-electron chi connectivity index (χ2n) is 4.66. The Morgan fingerprint density at radius 3 is 2.61 bits per heavy atom. The van der Waals surface area contributed by atoms with Gasteiger partial charge < -0.3 is 15.2 Å². The fourth-order valence-corrected chi connectivity index (χ4v) is 2.04. The molecule has 3 rings (SSSR count). The number of aromatic nitrogens is 3. The van der Waals surface area contributed by atoms with E-state index in [4.69, 9.17) is 9.84 Å². The van der Waals surface area contributed by atoms with Crippen molar-refractivity contribution in [3.63, 3.8) is 0 Å². The third kappa shape index (κ3) is 2.82. The van der Waals surface area contributed by atoms with Gasteiger partial charge in [0.15, 0.2) is 5.65 Å². The molecule has 0 unspecified atom stereocenters. The molecule has 0 saturated carbocycles. The molecule has 1 amide bonds. The highest BCUT2D eigenvalue weighted by Crippen LogP contribution is 2.15. The van der Waals surface area contributed by atoms with Gasteiger partial charge in [-0.1, -0.05) is 0 Å². The van der Waals surface area contributed by atoms with E-state index >= 15 is 0 Å². The van der Waals surface area contributed by atoms with Crippen LogP contribution in [0.25, 0.3) is 5.65 Å². The molecule has 0 fully saturated rings. The van der Waals surface area contributed by atoms with Crippen LogP contribution in [0.4, 0.5) is 5.69 Å². The standard InChI is InChI=1S/C15H12N4O4/c1-23-11-4-2-9(3-5-11)14(20)18-10-6-16-13-12(15(21)22)7-17-19(13)8-10/h2-8H,1H3,(H,18,20)(H,21,22). The van der Waals surface area contributed by atoms with Crippen LogP contribution in [-0.4, -0.2) is 38.7 Å². The molecule has 0 spiro atoms. The lowest BCUT2D eigenvalue weighted by Crippen LogP contribution is -2.12. The molecule has 3 aromatic rings. The maximum absolute atomic E-state index is 12.2. The average Bonchev–Trinajstić information content (AvgIpc) is 2.98. The van der Waals surface area contributed by atoms with Gasteiger partial charge in [0.2, 0.25) is 0 Å². The lowest BCUT2D eigenvalue weighted by Gasteiger charge is -2.06. The van der Waals surface area contributed by atoms with Crippen molar-refractivity contribution in [3.8, 4) is 5.75 Å². The first-order chi connectivity index (χ1) is 11.1. The van der Waals surface area contributed by atoms with Crippen molar-refractivity contribution in [2.45, 2.75) is 0 Å². The minimum Gasteiger partial charge on any atom is -0.497 e. The van der Waals surface area contributed by atoms with E-state index in [2.05, 4.69) is 15.4 Å². The highest BCUT2D eigenvalue weighted by molar-refractivity contribution is 6.04. The molecule has 0 bridgehead atoms. The molecule has 0 atom stereocenters. The molecule has 0 saturated heterocycles. The highest BCUT2D eigenvalue weighted by Gasteiger charge is 2.13. The first-order valence-electron chi connectivity index (χ1n) is 6.60. The van der Waals surface area contributed by atoms with Crippen LogP contribution >= 0.6 is 0 Å². The van der Waals surface area contributed by atoms with E-state index in [1.807, 2.05) is 0 Å². The fraction of sp³-hybridized carbons (Fsp3) is 0.0667. The van der Waals surface area contributed by atoms with Crippen molar-refractivity contribution in [1.29, 1.82) is 0 Å². The maximum atomic E-state index is 12.2. The summed E-state index contributed by atoms with van der Waals surface area (Å²) < 4.78 is 6.33. The molecule has 0 radical (unpaired) electrons. The monoisotopic (exact) mass is 312 g/mol. The first kappa shape index (κ1) is 14.5. The first-order valence-corrected chi connectivity index (χ1v) is 6.60. The molecule has 0 aliphatic rings. The van der Waals surface area contributed by atoms with Gasteiger partial charge in [-0.3, -0.25) is 4.79 Å². The lowest BCUT2D eigenvalue weighted by atomic mass is 10.2. The van der Waals surface area contributed by atoms with Gasteiger partial charge in [0.05, 0.1) is 31.4 Å². The Morgan fingerprint density at radius 1 is 1.22 bits per heavy atom.